The molecule has 0 fully saturated rings. The molecule has 19 heavy (non-hydrogen) atoms. The molecule has 1 unspecified atom stereocenters. The van der Waals surface area contributed by atoms with Gasteiger partial charge in [0.25, 0.3) is 5.91 Å². The smallest absolute Gasteiger partial charge is 0.252 e. The summed E-state index contributed by atoms with van der Waals surface area (Å²) in [5.41, 5.74) is -0.651. The van der Waals surface area contributed by atoms with Gasteiger partial charge in [0, 0.05) is 11.0 Å². The Labute approximate surface area is 120 Å². The molecule has 0 aromatic heterocycles. The summed E-state index contributed by atoms with van der Waals surface area (Å²) in [7, 11) is 1.56. The Morgan fingerprint density at radius 2 is 2.11 bits per heavy atom. The molecule has 1 aromatic carbocycles. The normalized spacial score (nSPS) is 12.9. The third-order valence-electron chi connectivity index (χ3n) is 2.55. The summed E-state index contributed by atoms with van der Waals surface area (Å²) in [6.07, 6.45) is -1.47. The van der Waals surface area contributed by atoms with Crippen LogP contribution < -0.4 is 10.1 Å². The van der Waals surface area contributed by atoms with E-state index in [-0.39, 0.29) is 6.54 Å². The van der Waals surface area contributed by atoms with Gasteiger partial charge in [-0.25, -0.2) is 0 Å². The number of methoxy groups -OCH3 is 1. The average molecular weight is 332 g/mol. The number of hydrogen-bond acceptors (Lipinski definition) is 4. The van der Waals surface area contributed by atoms with E-state index in [1.54, 1.807) is 19.2 Å². The second-order valence-corrected chi connectivity index (χ2v) is 5.69. The zero-order valence-electron chi connectivity index (χ0n) is 11.1. The maximum atomic E-state index is 11.6. The molecule has 5 nitrogen and oxygen atoms in total. The average Bonchev–Trinajstić information content (AvgIpc) is 2.33. The Morgan fingerprint density at radius 3 is 2.63 bits per heavy atom. The predicted octanol–water partition coefficient (Wildman–Crippen LogP) is 1.21. The van der Waals surface area contributed by atoms with Crippen molar-refractivity contribution >= 4 is 21.8 Å². The fourth-order valence-corrected chi connectivity index (χ4v) is 1.97. The Hall–Kier alpha value is -1.11. The van der Waals surface area contributed by atoms with Crippen LogP contribution in [0.3, 0.4) is 0 Å². The van der Waals surface area contributed by atoms with Gasteiger partial charge in [0.15, 0.2) is 6.10 Å². The highest BCUT2D eigenvalue weighted by molar-refractivity contribution is 9.10. The van der Waals surface area contributed by atoms with Gasteiger partial charge in [0.1, 0.15) is 5.75 Å². The van der Waals surface area contributed by atoms with E-state index in [0.29, 0.717) is 5.75 Å². The van der Waals surface area contributed by atoms with Gasteiger partial charge >= 0.3 is 0 Å². The molecule has 3 N–H and O–H groups in total. The predicted molar refractivity (Wildman–Crippen MR) is 74.8 cm³/mol. The molecule has 0 heterocycles. The monoisotopic (exact) mass is 331 g/mol. The molecular weight excluding hydrogens is 314 g/mol. The first-order chi connectivity index (χ1) is 8.74. The molecule has 0 saturated carbocycles. The third kappa shape index (κ3) is 4.81. The molecule has 0 aliphatic heterocycles. The first-order valence-electron chi connectivity index (χ1n) is 5.75. The zero-order valence-corrected chi connectivity index (χ0v) is 12.7. The number of benzene rings is 1. The Balaban J connectivity index is 2.67. The van der Waals surface area contributed by atoms with Crippen LogP contribution in [0.25, 0.3) is 0 Å². The molecule has 6 heteroatoms. The lowest BCUT2D eigenvalue weighted by Crippen LogP contribution is -2.47. The van der Waals surface area contributed by atoms with Gasteiger partial charge in [0.2, 0.25) is 0 Å². The molecule has 0 saturated heterocycles. The zero-order chi connectivity index (χ0) is 14.6. The highest BCUT2D eigenvalue weighted by Crippen LogP contribution is 2.21. The molecule has 1 aromatic rings. The summed E-state index contributed by atoms with van der Waals surface area (Å²) >= 11 is 3.34. The Morgan fingerprint density at radius 1 is 1.47 bits per heavy atom. The number of amides is 1. The minimum Gasteiger partial charge on any atom is -0.497 e. The van der Waals surface area contributed by atoms with Crippen LogP contribution in [0, 0.1) is 0 Å². The van der Waals surface area contributed by atoms with E-state index < -0.39 is 17.6 Å². The van der Waals surface area contributed by atoms with Crippen molar-refractivity contribution in [3.63, 3.8) is 0 Å². The van der Waals surface area contributed by atoms with Gasteiger partial charge in [-0.1, -0.05) is 15.9 Å². The number of ether oxygens (including phenoxy) is 1. The summed E-state index contributed by atoms with van der Waals surface area (Å²) in [5.74, 6) is 0.0492. The van der Waals surface area contributed by atoms with Gasteiger partial charge in [-0.3, -0.25) is 4.79 Å². The Kier molecular flexibility index (Phi) is 5.34. The molecule has 1 amide bonds. The molecule has 0 spiro atoms. The van der Waals surface area contributed by atoms with Crippen molar-refractivity contribution in [1.82, 2.24) is 5.32 Å². The number of carbonyl (C=O) groups is 1. The molecular formula is C13H18BrNO4. The van der Waals surface area contributed by atoms with Crippen LogP contribution in [0.4, 0.5) is 0 Å². The van der Waals surface area contributed by atoms with Crippen LogP contribution >= 0.6 is 15.9 Å². The Bertz CT molecular complexity index is 456. The van der Waals surface area contributed by atoms with Crippen molar-refractivity contribution in [3.8, 4) is 5.75 Å². The van der Waals surface area contributed by atoms with Crippen molar-refractivity contribution in [2.24, 2.45) is 0 Å². The highest BCUT2D eigenvalue weighted by Gasteiger charge is 2.30. The molecule has 1 atom stereocenters. The SMILES string of the molecule is COc1cc(Br)cc(CNC(=O)C(O)C(C)(C)O)c1. The van der Waals surface area contributed by atoms with E-state index in [9.17, 15) is 15.0 Å². The summed E-state index contributed by atoms with van der Waals surface area (Å²) in [4.78, 5) is 11.6. The van der Waals surface area contributed by atoms with Crippen molar-refractivity contribution in [3.05, 3.63) is 28.2 Å². The molecule has 106 valence electrons. The van der Waals surface area contributed by atoms with Crippen LogP contribution in [0.2, 0.25) is 0 Å². The summed E-state index contributed by atoms with van der Waals surface area (Å²) in [6.45, 7) is 2.99. The topological polar surface area (TPSA) is 78.8 Å². The largest absolute Gasteiger partial charge is 0.497 e. The summed E-state index contributed by atoms with van der Waals surface area (Å²) in [6, 6.07) is 5.41. The van der Waals surface area contributed by atoms with Crippen LogP contribution in [0.15, 0.2) is 22.7 Å². The third-order valence-corrected chi connectivity index (χ3v) is 3.01. The fraction of sp³-hybridized carbons (Fsp3) is 0.462. The molecule has 1 rings (SSSR count). The van der Waals surface area contributed by atoms with Crippen LogP contribution in [-0.4, -0.2) is 34.9 Å². The van der Waals surface area contributed by atoms with Crippen LogP contribution in [0.1, 0.15) is 19.4 Å². The molecule has 0 aliphatic carbocycles. The number of hydrogen-bond donors (Lipinski definition) is 3. The maximum Gasteiger partial charge on any atom is 0.252 e. The second kappa shape index (κ2) is 6.36. The standard InChI is InChI=1S/C13H18BrNO4/c1-13(2,18)11(16)12(17)15-7-8-4-9(14)6-10(5-8)19-3/h4-6,11,16,18H,7H2,1-3H3,(H,15,17). The number of aliphatic hydroxyl groups excluding tert-OH is 1. The number of aliphatic hydroxyl groups is 2. The van der Waals surface area contributed by atoms with Gasteiger partial charge in [-0.2, -0.15) is 0 Å². The number of nitrogens with one attached hydrogen (secondary N) is 1. The van der Waals surface area contributed by atoms with E-state index in [2.05, 4.69) is 21.2 Å². The van der Waals surface area contributed by atoms with Gasteiger partial charge in [0.05, 0.1) is 12.7 Å². The molecule has 0 bridgehead atoms. The van der Waals surface area contributed by atoms with Gasteiger partial charge < -0.3 is 20.3 Å². The van der Waals surface area contributed by atoms with Crippen molar-refractivity contribution < 1.29 is 19.7 Å². The van der Waals surface area contributed by atoms with E-state index >= 15 is 0 Å². The fourth-order valence-electron chi connectivity index (χ4n) is 1.45. The van der Waals surface area contributed by atoms with Gasteiger partial charge in [-0.05, 0) is 37.6 Å². The van der Waals surface area contributed by atoms with E-state index in [1.807, 2.05) is 6.07 Å². The van der Waals surface area contributed by atoms with Gasteiger partial charge in [-0.15, -0.1) is 0 Å². The van der Waals surface area contributed by atoms with E-state index in [4.69, 9.17) is 4.74 Å². The van der Waals surface area contributed by atoms with Crippen molar-refractivity contribution in [2.75, 3.05) is 7.11 Å². The van der Waals surface area contributed by atoms with Crippen molar-refractivity contribution in [2.45, 2.75) is 32.1 Å². The first-order valence-corrected chi connectivity index (χ1v) is 6.55. The number of halogens is 1. The summed E-state index contributed by atoms with van der Waals surface area (Å²) in [5, 5.41) is 21.7. The second-order valence-electron chi connectivity index (χ2n) is 4.77. The van der Waals surface area contributed by atoms with Crippen LogP contribution in [-0.2, 0) is 11.3 Å². The van der Waals surface area contributed by atoms with E-state index in [1.165, 1.54) is 13.8 Å². The van der Waals surface area contributed by atoms with E-state index in [0.717, 1.165) is 10.0 Å². The highest BCUT2D eigenvalue weighted by atomic mass is 79.9. The lowest BCUT2D eigenvalue weighted by Gasteiger charge is -2.23. The number of rotatable bonds is 5. The lowest BCUT2D eigenvalue weighted by molar-refractivity contribution is -0.141. The lowest BCUT2D eigenvalue weighted by atomic mass is 10.0. The maximum absolute atomic E-state index is 11.6. The van der Waals surface area contributed by atoms with Crippen LogP contribution in [0.5, 0.6) is 5.75 Å². The molecule has 0 radical (unpaired) electrons. The molecule has 0 aliphatic rings. The minimum absolute atomic E-state index is 0.238. The number of carbonyl (C=O) groups excluding carboxylic acids is 1. The van der Waals surface area contributed by atoms with Crippen molar-refractivity contribution in [1.29, 1.82) is 0 Å². The quantitative estimate of drug-likeness (QED) is 0.757. The first kappa shape index (κ1) is 15.9. The minimum atomic E-state index is -1.47. The summed E-state index contributed by atoms with van der Waals surface area (Å²) < 4.78 is 5.94.